The molecule has 24 heavy (non-hydrogen) atoms. The Bertz CT molecular complexity index is 725. The zero-order valence-electron chi connectivity index (χ0n) is 13.7. The first kappa shape index (κ1) is 15.5. The Morgan fingerprint density at radius 2 is 2.00 bits per heavy atom. The van der Waals surface area contributed by atoms with Crippen LogP contribution < -0.4 is 0 Å². The molecule has 0 bridgehead atoms. The van der Waals surface area contributed by atoms with Gasteiger partial charge in [0, 0.05) is 43.0 Å². The fraction of sp³-hybridized carbons (Fsp3) is 0.500. The highest BCUT2D eigenvalue weighted by Gasteiger charge is 2.30. The average Bonchev–Trinajstić information content (AvgIpc) is 2.68. The third kappa shape index (κ3) is 2.99. The van der Waals surface area contributed by atoms with Crippen LogP contribution in [0.5, 0.6) is 0 Å². The van der Waals surface area contributed by atoms with Crippen LogP contribution in [0.3, 0.4) is 0 Å². The van der Waals surface area contributed by atoms with Crippen molar-refractivity contribution in [2.45, 2.75) is 18.9 Å². The number of hydrogen-bond acceptors (Lipinski definition) is 5. The predicted octanol–water partition coefficient (Wildman–Crippen LogP) is 1.57. The molecule has 6 nitrogen and oxygen atoms in total. The van der Waals surface area contributed by atoms with Gasteiger partial charge >= 0.3 is 0 Å². The molecule has 6 heteroatoms. The van der Waals surface area contributed by atoms with Crippen molar-refractivity contribution in [2.75, 3.05) is 39.4 Å². The van der Waals surface area contributed by atoms with Gasteiger partial charge in [-0.2, -0.15) is 5.10 Å². The number of hydrogen-bond donors (Lipinski definition) is 0. The summed E-state index contributed by atoms with van der Waals surface area (Å²) in [4.78, 5) is 17.4. The van der Waals surface area contributed by atoms with E-state index in [0.29, 0.717) is 11.7 Å². The number of ether oxygens (including phenoxy) is 1. The van der Waals surface area contributed by atoms with Crippen molar-refractivity contribution >= 4 is 16.7 Å². The Morgan fingerprint density at radius 1 is 1.17 bits per heavy atom. The Balaban J connectivity index is 1.55. The summed E-state index contributed by atoms with van der Waals surface area (Å²) in [5.41, 5.74) is 0.468. The molecule has 1 aromatic heterocycles. The van der Waals surface area contributed by atoms with Crippen LogP contribution in [0, 0.1) is 0 Å². The van der Waals surface area contributed by atoms with Gasteiger partial charge in [0.1, 0.15) is 0 Å². The summed E-state index contributed by atoms with van der Waals surface area (Å²) in [7, 11) is 0. The van der Waals surface area contributed by atoms with Crippen molar-refractivity contribution < 1.29 is 9.53 Å². The van der Waals surface area contributed by atoms with E-state index < -0.39 is 0 Å². The number of carbonyl (C=O) groups excluding carboxylic acids is 1. The number of piperidine rings is 1. The number of fused-ring (bicyclic) bond motifs is 1. The molecule has 2 saturated heterocycles. The molecule has 3 heterocycles. The van der Waals surface area contributed by atoms with Crippen LogP contribution >= 0.6 is 0 Å². The van der Waals surface area contributed by atoms with E-state index in [1.165, 1.54) is 0 Å². The molecule has 2 fully saturated rings. The normalized spacial score (nSPS) is 22.7. The third-order valence-corrected chi connectivity index (χ3v) is 5.02. The van der Waals surface area contributed by atoms with E-state index in [1.807, 2.05) is 29.2 Å². The van der Waals surface area contributed by atoms with E-state index in [9.17, 15) is 4.79 Å². The van der Waals surface area contributed by atoms with Crippen LogP contribution in [0.4, 0.5) is 0 Å². The third-order valence-electron chi connectivity index (χ3n) is 5.02. The van der Waals surface area contributed by atoms with Crippen molar-refractivity contribution in [3.63, 3.8) is 0 Å². The Morgan fingerprint density at radius 3 is 2.88 bits per heavy atom. The second-order valence-electron chi connectivity index (χ2n) is 6.48. The number of aromatic nitrogens is 2. The van der Waals surface area contributed by atoms with E-state index in [4.69, 9.17) is 4.74 Å². The monoisotopic (exact) mass is 326 g/mol. The molecule has 2 aliphatic rings. The van der Waals surface area contributed by atoms with Gasteiger partial charge in [0.2, 0.25) is 0 Å². The molecular formula is C18H22N4O2. The summed E-state index contributed by atoms with van der Waals surface area (Å²) >= 11 is 0. The predicted molar refractivity (Wildman–Crippen MR) is 90.9 cm³/mol. The van der Waals surface area contributed by atoms with Crippen LogP contribution in [0.2, 0.25) is 0 Å². The van der Waals surface area contributed by atoms with Crippen molar-refractivity contribution in [3.8, 4) is 0 Å². The van der Waals surface area contributed by atoms with E-state index >= 15 is 0 Å². The lowest BCUT2D eigenvalue weighted by Crippen LogP contribution is -2.52. The molecule has 0 spiro atoms. The van der Waals surface area contributed by atoms with Crippen molar-refractivity contribution in [1.29, 1.82) is 0 Å². The number of amides is 1. The number of likely N-dealkylation sites (tertiary alicyclic amines) is 1. The summed E-state index contributed by atoms with van der Waals surface area (Å²) in [6.45, 7) is 5.06. The van der Waals surface area contributed by atoms with Gasteiger partial charge in [-0.25, -0.2) is 0 Å². The lowest BCUT2D eigenvalue weighted by atomic mass is 10.0. The molecule has 0 radical (unpaired) electrons. The smallest absolute Gasteiger partial charge is 0.275 e. The highest BCUT2D eigenvalue weighted by Crippen LogP contribution is 2.21. The van der Waals surface area contributed by atoms with E-state index in [-0.39, 0.29) is 5.91 Å². The molecule has 2 aromatic rings. The number of morpholine rings is 1. The quantitative estimate of drug-likeness (QED) is 0.838. The summed E-state index contributed by atoms with van der Waals surface area (Å²) in [5, 5.41) is 9.99. The molecule has 0 aliphatic carbocycles. The molecule has 2 aliphatic heterocycles. The van der Waals surface area contributed by atoms with Gasteiger partial charge in [-0.1, -0.05) is 24.3 Å². The second-order valence-corrected chi connectivity index (χ2v) is 6.48. The Labute approximate surface area is 141 Å². The number of carbonyl (C=O) groups is 1. The summed E-state index contributed by atoms with van der Waals surface area (Å²) in [5.74, 6) is -0.00254. The van der Waals surface area contributed by atoms with Gasteiger partial charge in [0.05, 0.1) is 19.4 Å². The maximum atomic E-state index is 13.0. The maximum Gasteiger partial charge on any atom is 0.275 e. The SMILES string of the molecule is O=C(c1nncc2ccccc12)N1CCCC(N2CCOCC2)C1. The minimum absolute atomic E-state index is 0.00254. The lowest BCUT2D eigenvalue weighted by molar-refractivity contribution is -0.00127. The minimum atomic E-state index is -0.00254. The molecule has 1 aromatic carbocycles. The van der Waals surface area contributed by atoms with Gasteiger partial charge in [-0.3, -0.25) is 9.69 Å². The van der Waals surface area contributed by atoms with Gasteiger partial charge < -0.3 is 9.64 Å². The molecule has 4 rings (SSSR count). The summed E-state index contributed by atoms with van der Waals surface area (Å²) in [6.07, 6.45) is 3.88. The zero-order valence-corrected chi connectivity index (χ0v) is 13.7. The highest BCUT2D eigenvalue weighted by atomic mass is 16.5. The topological polar surface area (TPSA) is 58.6 Å². The largest absolute Gasteiger partial charge is 0.379 e. The first-order valence-electron chi connectivity index (χ1n) is 8.64. The first-order chi connectivity index (χ1) is 11.8. The van der Waals surface area contributed by atoms with Crippen LogP contribution in [0.25, 0.3) is 10.8 Å². The van der Waals surface area contributed by atoms with E-state index in [0.717, 1.165) is 63.0 Å². The fourth-order valence-electron chi connectivity index (χ4n) is 3.72. The van der Waals surface area contributed by atoms with Gasteiger partial charge in [0.25, 0.3) is 5.91 Å². The fourth-order valence-corrected chi connectivity index (χ4v) is 3.72. The standard InChI is InChI=1S/C18H22N4O2/c23-18(17-16-6-2-1-4-14(16)12-19-20-17)22-7-3-5-15(13-22)21-8-10-24-11-9-21/h1-2,4,6,12,15H,3,5,7-11,13H2. The summed E-state index contributed by atoms with van der Waals surface area (Å²) in [6, 6.07) is 8.23. The Kier molecular flexibility index (Phi) is 4.40. The molecule has 1 atom stereocenters. The van der Waals surface area contributed by atoms with Crippen LogP contribution in [0.15, 0.2) is 30.5 Å². The van der Waals surface area contributed by atoms with Crippen molar-refractivity contribution in [3.05, 3.63) is 36.2 Å². The molecule has 1 amide bonds. The number of nitrogens with zero attached hydrogens (tertiary/aromatic N) is 4. The molecular weight excluding hydrogens is 304 g/mol. The Hall–Kier alpha value is -2.05. The maximum absolute atomic E-state index is 13.0. The highest BCUT2D eigenvalue weighted by molar-refractivity contribution is 6.04. The van der Waals surface area contributed by atoms with Gasteiger partial charge in [0.15, 0.2) is 5.69 Å². The van der Waals surface area contributed by atoms with Gasteiger partial charge in [-0.15, -0.1) is 5.10 Å². The van der Waals surface area contributed by atoms with Gasteiger partial charge in [-0.05, 0) is 12.8 Å². The van der Waals surface area contributed by atoms with E-state index in [1.54, 1.807) is 6.20 Å². The van der Waals surface area contributed by atoms with Crippen LogP contribution in [-0.4, -0.2) is 71.3 Å². The van der Waals surface area contributed by atoms with Crippen LogP contribution in [0.1, 0.15) is 23.3 Å². The number of rotatable bonds is 2. The average molecular weight is 326 g/mol. The molecule has 0 saturated carbocycles. The first-order valence-corrected chi connectivity index (χ1v) is 8.64. The van der Waals surface area contributed by atoms with E-state index in [2.05, 4.69) is 15.1 Å². The van der Waals surface area contributed by atoms with Crippen molar-refractivity contribution in [2.24, 2.45) is 0 Å². The van der Waals surface area contributed by atoms with Crippen LogP contribution in [-0.2, 0) is 4.74 Å². The minimum Gasteiger partial charge on any atom is -0.379 e. The number of benzene rings is 1. The van der Waals surface area contributed by atoms with Crippen molar-refractivity contribution in [1.82, 2.24) is 20.0 Å². The summed E-state index contributed by atoms with van der Waals surface area (Å²) < 4.78 is 5.44. The molecule has 1 unspecified atom stereocenters. The second kappa shape index (κ2) is 6.83. The zero-order chi connectivity index (χ0) is 16.4. The molecule has 0 N–H and O–H groups in total. The molecule has 126 valence electrons. The lowest BCUT2D eigenvalue weighted by Gasteiger charge is -2.40.